The predicted octanol–water partition coefficient (Wildman–Crippen LogP) is 7.36. The third-order valence-corrected chi connectivity index (χ3v) is 9.28. The summed E-state index contributed by atoms with van der Waals surface area (Å²) in [5.74, 6) is -1.02. The minimum Gasteiger partial charge on any atom is -0.444 e. The van der Waals surface area contributed by atoms with E-state index in [0.717, 1.165) is 48.5 Å². The number of benzene rings is 3. The summed E-state index contributed by atoms with van der Waals surface area (Å²) in [5, 5.41) is 7.25. The van der Waals surface area contributed by atoms with E-state index in [9.17, 15) is 17.6 Å². The number of hydrogen-bond acceptors (Lipinski definition) is 7. The average molecular weight is 681 g/mol. The van der Waals surface area contributed by atoms with Gasteiger partial charge >= 0.3 is 6.18 Å². The molecule has 248 valence electrons. The number of nitrogens with one attached hydrogen (secondary N) is 1. The second-order valence-corrected chi connectivity index (χ2v) is 12.7. The summed E-state index contributed by atoms with van der Waals surface area (Å²) >= 11 is 5.97. The van der Waals surface area contributed by atoms with Crippen LogP contribution in [0.2, 0.25) is 5.02 Å². The molecule has 0 bridgehead atoms. The second-order valence-electron chi connectivity index (χ2n) is 12.3. The van der Waals surface area contributed by atoms with Gasteiger partial charge in [-0.2, -0.15) is 13.2 Å². The Hall–Kier alpha value is -4.46. The fourth-order valence-electron chi connectivity index (χ4n) is 6.45. The lowest BCUT2D eigenvalue weighted by molar-refractivity contribution is -0.144. The molecule has 0 amide bonds. The van der Waals surface area contributed by atoms with Gasteiger partial charge in [-0.1, -0.05) is 29.8 Å². The summed E-state index contributed by atoms with van der Waals surface area (Å²) in [6, 6.07) is 15.4. The van der Waals surface area contributed by atoms with Crippen LogP contribution in [0.4, 0.5) is 17.6 Å². The standard InChI is InChI=1S/C34H29ClF4N6O3/c1-33(24-7-6-21(35)16-25(24)36)47-28-4-2-3-23(30(28)48-33)19-9-12-44(13-10-19)18-29-40-26-15-20(31-41-32(43-42-31)34(37,38)39)5-8-27(26)45(29)17-22-11-14-46-22/h2-9,15-16,22H,10-14,17-18H2,1H3,(H,41,42,43)/t22-,33?/m0/s1. The summed E-state index contributed by atoms with van der Waals surface area (Å²) in [4.78, 5) is 9.48. The molecule has 48 heavy (non-hydrogen) atoms. The lowest BCUT2D eigenvalue weighted by atomic mass is 9.98. The highest BCUT2D eigenvalue weighted by Gasteiger charge is 2.42. The molecule has 3 aliphatic heterocycles. The first-order valence-corrected chi connectivity index (χ1v) is 15.9. The quantitative estimate of drug-likeness (QED) is 0.180. The fraction of sp³-hybridized carbons (Fsp3) is 0.324. The van der Waals surface area contributed by atoms with Crippen LogP contribution >= 0.6 is 11.6 Å². The fourth-order valence-corrected chi connectivity index (χ4v) is 6.61. The maximum atomic E-state index is 14.9. The van der Waals surface area contributed by atoms with Gasteiger partial charge < -0.3 is 23.8 Å². The first kappa shape index (κ1) is 30.8. The van der Waals surface area contributed by atoms with E-state index >= 15 is 0 Å². The van der Waals surface area contributed by atoms with Crippen LogP contribution in [0.15, 0.2) is 60.7 Å². The third kappa shape index (κ3) is 5.59. The number of fused-ring (bicyclic) bond motifs is 2. The average Bonchev–Trinajstić information content (AvgIpc) is 3.74. The van der Waals surface area contributed by atoms with Crippen LogP contribution in [-0.2, 0) is 29.8 Å². The van der Waals surface area contributed by atoms with Crippen LogP contribution in [0, 0.1) is 5.82 Å². The molecule has 5 heterocycles. The Kier molecular flexibility index (Phi) is 7.46. The highest BCUT2D eigenvalue weighted by atomic mass is 35.5. The third-order valence-electron chi connectivity index (χ3n) is 9.04. The summed E-state index contributed by atoms with van der Waals surface area (Å²) < 4.78 is 74.5. The Labute approximate surface area is 277 Å². The van der Waals surface area contributed by atoms with Crippen molar-refractivity contribution >= 4 is 28.2 Å². The number of ether oxygens (including phenoxy) is 3. The van der Waals surface area contributed by atoms with E-state index in [1.54, 1.807) is 31.2 Å². The number of nitrogens with zero attached hydrogens (tertiary/aromatic N) is 5. The number of alkyl halides is 3. The highest BCUT2D eigenvalue weighted by molar-refractivity contribution is 6.30. The van der Waals surface area contributed by atoms with Crippen molar-refractivity contribution in [1.82, 2.24) is 29.6 Å². The molecule has 1 N–H and O–H groups in total. The van der Waals surface area contributed by atoms with Gasteiger partial charge in [0.25, 0.3) is 5.79 Å². The molecule has 3 aromatic carbocycles. The topological polar surface area (TPSA) is 90.3 Å². The molecule has 0 saturated carbocycles. The largest absolute Gasteiger partial charge is 0.451 e. The number of aromatic amines is 1. The van der Waals surface area contributed by atoms with Gasteiger partial charge in [0.15, 0.2) is 17.3 Å². The number of H-pyrrole nitrogens is 1. The number of aromatic nitrogens is 5. The van der Waals surface area contributed by atoms with Crippen LogP contribution in [0.3, 0.4) is 0 Å². The van der Waals surface area contributed by atoms with Gasteiger partial charge in [0.1, 0.15) is 11.6 Å². The molecule has 0 spiro atoms. The van der Waals surface area contributed by atoms with Crippen LogP contribution in [0.25, 0.3) is 28.0 Å². The minimum absolute atomic E-state index is 0.0248. The molecule has 1 unspecified atom stereocenters. The number of imidazole rings is 1. The summed E-state index contributed by atoms with van der Waals surface area (Å²) in [5.41, 5.74) is 4.23. The summed E-state index contributed by atoms with van der Waals surface area (Å²) in [6.07, 6.45) is -0.707. The van der Waals surface area contributed by atoms with E-state index in [1.807, 2.05) is 24.3 Å². The molecule has 3 aliphatic rings. The second kappa shape index (κ2) is 11.6. The van der Waals surface area contributed by atoms with Gasteiger partial charge in [-0.3, -0.25) is 4.90 Å². The van der Waals surface area contributed by atoms with Crippen LogP contribution in [0.5, 0.6) is 11.5 Å². The summed E-state index contributed by atoms with van der Waals surface area (Å²) in [6.45, 7) is 4.98. The van der Waals surface area contributed by atoms with Gasteiger partial charge in [0.05, 0.1) is 35.8 Å². The Bertz CT molecular complexity index is 2070. The zero-order valence-electron chi connectivity index (χ0n) is 25.7. The molecular formula is C34H29ClF4N6O3. The Balaban J connectivity index is 1.03. The Morgan fingerprint density at radius 2 is 1.94 bits per heavy atom. The maximum absolute atomic E-state index is 14.9. The van der Waals surface area contributed by atoms with E-state index in [-0.39, 0.29) is 17.5 Å². The molecule has 2 aromatic heterocycles. The number of para-hydroxylation sites is 1. The van der Waals surface area contributed by atoms with Crippen molar-refractivity contribution in [3.8, 4) is 22.9 Å². The van der Waals surface area contributed by atoms with Crippen molar-refractivity contribution in [3.05, 3.63) is 94.3 Å². The van der Waals surface area contributed by atoms with Crippen molar-refractivity contribution in [2.24, 2.45) is 0 Å². The van der Waals surface area contributed by atoms with E-state index in [0.29, 0.717) is 47.2 Å². The molecular weight excluding hydrogens is 652 g/mol. The minimum atomic E-state index is -4.62. The monoisotopic (exact) mass is 680 g/mol. The summed E-state index contributed by atoms with van der Waals surface area (Å²) in [7, 11) is 0. The molecule has 1 saturated heterocycles. The zero-order chi connectivity index (χ0) is 33.2. The predicted molar refractivity (Wildman–Crippen MR) is 169 cm³/mol. The van der Waals surface area contributed by atoms with E-state index in [4.69, 9.17) is 30.8 Å². The van der Waals surface area contributed by atoms with Crippen molar-refractivity contribution in [2.45, 2.75) is 50.9 Å². The zero-order valence-corrected chi connectivity index (χ0v) is 26.4. The van der Waals surface area contributed by atoms with Gasteiger partial charge in [-0.15, -0.1) is 10.2 Å². The van der Waals surface area contributed by atoms with E-state index in [2.05, 4.69) is 30.7 Å². The maximum Gasteiger partial charge on any atom is 0.451 e. The van der Waals surface area contributed by atoms with Gasteiger partial charge in [-0.05, 0) is 60.9 Å². The molecule has 14 heteroatoms. The van der Waals surface area contributed by atoms with Gasteiger partial charge in [0, 0.05) is 42.8 Å². The molecule has 8 rings (SSSR count). The molecule has 2 atom stereocenters. The van der Waals surface area contributed by atoms with Crippen molar-refractivity contribution in [1.29, 1.82) is 0 Å². The van der Waals surface area contributed by atoms with E-state index < -0.39 is 23.6 Å². The number of rotatable bonds is 7. The van der Waals surface area contributed by atoms with Gasteiger partial charge in [-0.25, -0.2) is 9.37 Å². The normalized spacial score (nSPS) is 21.0. The molecule has 5 aromatic rings. The first-order chi connectivity index (χ1) is 23.0. The lowest BCUT2D eigenvalue weighted by Crippen LogP contribution is -2.33. The Morgan fingerprint density at radius 1 is 1.08 bits per heavy atom. The van der Waals surface area contributed by atoms with Crippen molar-refractivity contribution in [3.63, 3.8) is 0 Å². The Morgan fingerprint density at radius 3 is 2.65 bits per heavy atom. The highest BCUT2D eigenvalue weighted by Crippen LogP contribution is 2.49. The van der Waals surface area contributed by atoms with E-state index in [1.165, 1.54) is 6.07 Å². The number of halogens is 5. The SMILES string of the molecule is CC1(c2ccc(Cl)cc2F)Oc2cccc(C3=CCN(Cc4nc5cc(-c6nnc(C(F)(F)F)[nH]6)ccc5n4C[C@@H]4CCO4)CC3)c2O1. The first-order valence-electron chi connectivity index (χ1n) is 15.5. The van der Waals surface area contributed by atoms with Crippen molar-refractivity contribution in [2.75, 3.05) is 19.7 Å². The molecule has 0 aliphatic carbocycles. The molecule has 1 fully saturated rings. The van der Waals surface area contributed by atoms with Crippen LogP contribution in [0.1, 0.15) is 42.5 Å². The molecule has 9 nitrogen and oxygen atoms in total. The molecule has 0 radical (unpaired) electrons. The van der Waals surface area contributed by atoms with Crippen molar-refractivity contribution < 1.29 is 31.8 Å². The smallest absolute Gasteiger partial charge is 0.444 e. The number of hydrogen-bond donors (Lipinski definition) is 1. The van der Waals surface area contributed by atoms with Crippen LogP contribution in [-0.4, -0.2) is 55.4 Å². The lowest BCUT2D eigenvalue weighted by Gasteiger charge is -2.29. The van der Waals surface area contributed by atoms with Crippen LogP contribution < -0.4 is 9.47 Å². The van der Waals surface area contributed by atoms with Gasteiger partial charge in [0.2, 0.25) is 5.82 Å².